The van der Waals surface area contributed by atoms with E-state index in [1.165, 1.54) is 0 Å². The minimum atomic E-state index is -0.217. The highest BCUT2D eigenvalue weighted by Gasteiger charge is 2.56. The highest BCUT2D eigenvalue weighted by Crippen LogP contribution is 2.50. The lowest BCUT2D eigenvalue weighted by atomic mass is 9.83. The molecule has 0 aromatic heterocycles. The Balaban J connectivity index is 1.03. The van der Waals surface area contributed by atoms with Gasteiger partial charge in [-0.05, 0) is 70.6 Å². The quantitative estimate of drug-likeness (QED) is 0.475. The molecule has 6 unspecified atom stereocenters. The summed E-state index contributed by atoms with van der Waals surface area (Å²) in [6.07, 6.45) is 7.94. The third kappa shape index (κ3) is 4.65. The van der Waals surface area contributed by atoms with E-state index in [-0.39, 0.29) is 36.0 Å². The monoisotopic (exact) mass is 380 g/mol. The maximum absolute atomic E-state index is 11.9. The zero-order valence-electron chi connectivity index (χ0n) is 16.5. The molecule has 0 aromatic rings. The van der Waals surface area contributed by atoms with Crippen LogP contribution in [0.15, 0.2) is 0 Å². The largest absolute Gasteiger partial charge is 0.465 e. The van der Waals surface area contributed by atoms with Crippen LogP contribution in [-0.2, 0) is 28.5 Å². The summed E-state index contributed by atoms with van der Waals surface area (Å²) >= 11 is 0. The SMILES string of the molecule is CC12CCC(COC(=O)CCCC(=O)OCC3CCC4(C)OC4C3)CC1O2. The van der Waals surface area contributed by atoms with Gasteiger partial charge in [-0.15, -0.1) is 0 Å². The van der Waals surface area contributed by atoms with Crippen LogP contribution in [0.2, 0.25) is 0 Å². The standard InChI is InChI=1S/C21H32O6/c1-20-8-6-14(10-16(20)26-20)12-24-18(22)4-3-5-19(23)25-13-15-7-9-21(2)17(11-15)27-21/h14-17H,3-13H2,1-2H3. The fourth-order valence-corrected chi connectivity index (χ4v) is 4.68. The van der Waals surface area contributed by atoms with Gasteiger partial charge in [0.15, 0.2) is 0 Å². The molecule has 0 bridgehead atoms. The van der Waals surface area contributed by atoms with Crippen molar-refractivity contribution in [1.82, 2.24) is 0 Å². The molecule has 4 rings (SSSR count). The fourth-order valence-electron chi connectivity index (χ4n) is 4.68. The van der Waals surface area contributed by atoms with Crippen molar-refractivity contribution in [3.8, 4) is 0 Å². The number of ether oxygens (including phenoxy) is 4. The van der Waals surface area contributed by atoms with Crippen molar-refractivity contribution in [1.29, 1.82) is 0 Å². The van der Waals surface area contributed by atoms with E-state index in [4.69, 9.17) is 18.9 Å². The predicted molar refractivity (Wildman–Crippen MR) is 97.0 cm³/mol. The normalized spacial score (nSPS) is 41.9. The van der Waals surface area contributed by atoms with Crippen LogP contribution in [0.4, 0.5) is 0 Å². The molecule has 0 amide bonds. The summed E-state index contributed by atoms with van der Waals surface area (Å²) in [5, 5.41) is 0. The van der Waals surface area contributed by atoms with E-state index in [9.17, 15) is 9.59 Å². The molecular formula is C21H32O6. The molecule has 0 aromatic carbocycles. The number of rotatable bonds is 8. The molecule has 6 atom stereocenters. The van der Waals surface area contributed by atoms with Crippen LogP contribution < -0.4 is 0 Å². The van der Waals surface area contributed by atoms with E-state index in [0.29, 0.717) is 43.7 Å². The molecular weight excluding hydrogens is 348 g/mol. The lowest BCUT2D eigenvalue weighted by molar-refractivity contribution is -0.147. The molecule has 2 heterocycles. The van der Waals surface area contributed by atoms with Crippen LogP contribution >= 0.6 is 0 Å². The Hall–Kier alpha value is -1.14. The Bertz CT molecular complexity index is 541. The fraction of sp³-hybridized carbons (Fsp3) is 0.905. The summed E-state index contributed by atoms with van der Waals surface area (Å²) in [5.74, 6) is 0.384. The van der Waals surface area contributed by atoms with Crippen LogP contribution in [0.25, 0.3) is 0 Å². The van der Waals surface area contributed by atoms with E-state index >= 15 is 0 Å². The maximum atomic E-state index is 11.9. The third-order valence-corrected chi connectivity index (χ3v) is 6.99. The first-order valence-corrected chi connectivity index (χ1v) is 10.5. The van der Waals surface area contributed by atoms with Gasteiger partial charge in [-0.3, -0.25) is 9.59 Å². The Morgan fingerprint density at radius 3 is 1.70 bits per heavy atom. The molecule has 2 aliphatic carbocycles. The number of epoxide rings is 2. The summed E-state index contributed by atoms with van der Waals surface area (Å²) in [6, 6.07) is 0. The Kier molecular flexibility index (Phi) is 5.23. The van der Waals surface area contributed by atoms with Gasteiger partial charge in [0.1, 0.15) is 0 Å². The smallest absolute Gasteiger partial charge is 0.305 e. The summed E-state index contributed by atoms with van der Waals surface area (Å²) in [6.45, 7) is 5.26. The number of carbonyl (C=O) groups excluding carboxylic acids is 2. The minimum absolute atomic E-state index is 0.101. The second-order valence-electron chi connectivity index (χ2n) is 9.34. The molecule has 152 valence electrons. The number of esters is 2. The summed E-state index contributed by atoms with van der Waals surface area (Å²) < 4.78 is 22.1. The van der Waals surface area contributed by atoms with Gasteiger partial charge in [0.05, 0.1) is 36.6 Å². The summed E-state index contributed by atoms with van der Waals surface area (Å²) in [4.78, 5) is 23.8. The molecule has 0 N–H and O–H groups in total. The Morgan fingerprint density at radius 1 is 0.852 bits per heavy atom. The average Bonchev–Trinajstić information content (AvgIpc) is 3.50. The molecule has 6 nitrogen and oxygen atoms in total. The van der Waals surface area contributed by atoms with Crippen LogP contribution in [0.1, 0.15) is 71.6 Å². The lowest BCUT2D eigenvalue weighted by Gasteiger charge is -2.22. The summed E-state index contributed by atoms with van der Waals surface area (Å²) in [5.41, 5.74) is 0.202. The van der Waals surface area contributed by atoms with Gasteiger partial charge in [-0.25, -0.2) is 0 Å². The third-order valence-electron chi connectivity index (χ3n) is 6.99. The molecule has 27 heavy (non-hydrogen) atoms. The zero-order chi connectivity index (χ0) is 19.1. The highest BCUT2D eigenvalue weighted by molar-refractivity contribution is 5.72. The molecule has 2 saturated carbocycles. The molecule has 0 radical (unpaired) electrons. The number of hydrogen-bond donors (Lipinski definition) is 0. The van der Waals surface area contributed by atoms with Crippen molar-refractivity contribution in [3.63, 3.8) is 0 Å². The van der Waals surface area contributed by atoms with Gasteiger partial charge < -0.3 is 18.9 Å². The molecule has 2 aliphatic heterocycles. The van der Waals surface area contributed by atoms with Gasteiger partial charge in [-0.2, -0.15) is 0 Å². The predicted octanol–water partition coefficient (Wildman–Crippen LogP) is 3.16. The Morgan fingerprint density at radius 2 is 1.30 bits per heavy atom. The second kappa shape index (κ2) is 7.36. The average molecular weight is 380 g/mol. The maximum Gasteiger partial charge on any atom is 0.305 e. The van der Waals surface area contributed by atoms with Crippen molar-refractivity contribution < 1.29 is 28.5 Å². The topological polar surface area (TPSA) is 77.7 Å². The van der Waals surface area contributed by atoms with Crippen LogP contribution in [0.3, 0.4) is 0 Å². The lowest BCUT2D eigenvalue weighted by Crippen LogP contribution is -2.25. The van der Waals surface area contributed by atoms with Crippen molar-refractivity contribution in [2.45, 2.75) is 95.0 Å². The highest BCUT2D eigenvalue weighted by atomic mass is 16.6. The van der Waals surface area contributed by atoms with Crippen molar-refractivity contribution in [3.05, 3.63) is 0 Å². The van der Waals surface area contributed by atoms with E-state index in [1.54, 1.807) is 0 Å². The van der Waals surface area contributed by atoms with Gasteiger partial charge >= 0.3 is 11.9 Å². The second-order valence-corrected chi connectivity index (χ2v) is 9.34. The van der Waals surface area contributed by atoms with E-state index in [1.807, 2.05) is 0 Å². The van der Waals surface area contributed by atoms with Crippen molar-refractivity contribution in [2.75, 3.05) is 13.2 Å². The van der Waals surface area contributed by atoms with Gasteiger partial charge in [0.25, 0.3) is 0 Å². The molecule has 4 fully saturated rings. The first kappa shape index (κ1) is 19.2. The van der Waals surface area contributed by atoms with E-state index in [0.717, 1.165) is 38.5 Å². The number of carbonyl (C=O) groups is 2. The number of hydrogen-bond acceptors (Lipinski definition) is 6. The zero-order valence-corrected chi connectivity index (χ0v) is 16.5. The van der Waals surface area contributed by atoms with E-state index in [2.05, 4.69) is 13.8 Å². The molecule has 0 spiro atoms. The first-order valence-electron chi connectivity index (χ1n) is 10.5. The molecule has 4 aliphatic rings. The molecule has 6 heteroatoms. The Labute approximate surface area is 161 Å². The van der Waals surface area contributed by atoms with Gasteiger partial charge in [0.2, 0.25) is 0 Å². The van der Waals surface area contributed by atoms with Crippen molar-refractivity contribution >= 4 is 11.9 Å². The summed E-state index contributed by atoms with van der Waals surface area (Å²) in [7, 11) is 0. The van der Waals surface area contributed by atoms with Gasteiger partial charge in [-0.1, -0.05) is 0 Å². The first-order chi connectivity index (χ1) is 12.9. The molecule has 2 saturated heterocycles. The van der Waals surface area contributed by atoms with E-state index < -0.39 is 0 Å². The van der Waals surface area contributed by atoms with Crippen LogP contribution in [0, 0.1) is 11.8 Å². The van der Waals surface area contributed by atoms with Crippen molar-refractivity contribution in [2.24, 2.45) is 11.8 Å². The van der Waals surface area contributed by atoms with Crippen LogP contribution in [0.5, 0.6) is 0 Å². The number of fused-ring (bicyclic) bond motifs is 2. The minimum Gasteiger partial charge on any atom is -0.465 e. The van der Waals surface area contributed by atoms with Gasteiger partial charge in [0, 0.05) is 12.8 Å². The van der Waals surface area contributed by atoms with Crippen LogP contribution in [-0.4, -0.2) is 48.6 Å².